The van der Waals surface area contributed by atoms with Gasteiger partial charge < -0.3 is 4.98 Å². The SMILES string of the molecule is Cc1[nH]c2ccccc2c1CCF. The van der Waals surface area contributed by atoms with Crippen LogP contribution in [0.15, 0.2) is 24.3 Å². The Labute approximate surface area is 76.6 Å². The molecule has 2 heteroatoms. The van der Waals surface area contributed by atoms with E-state index in [4.69, 9.17) is 0 Å². The van der Waals surface area contributed by atoms with E-state index in [-0.39, 0.29) is 6.67 Å². The first-order valence-corrected chi connectivity index (χ1v) is 4.45. The van der Waals surface area contributed by atoms with Crippen LogP contribution < -0.4 is 0 Å². The summed E-state index contributed by atoms with van der Waals surface area (Å²) in [5, 5.41) is 1.15. The Morgan fingerprint density at radius 1 is 1.31 bits per heavy atom. The smallest absolute Gasteiger partial charge is 0.0935 e. The minimum atomic E-state index is -0.289. The van der Waals surface area contributed by atoms with Gasteiger partial charge in [0, 0.05) is 23.0 Å². The molecule has 0 amide bonds. The van der Waals surface area contributed by atoms with Crippen LogP contribution in [0.1, 0.15) is 11.3 Å². The van der Waals surface area contributed by atoms with Gasteiger partial charge in [0.1, 0.15) is 0 Å². The second-order valence-electron chi connectivity index (χ2n) is 3.21. The van der Waals surface area contributed by atoms with E-state index in [9.17, 15) is 4.39 Å². The molecular formula is C11H12FN. The monoisotopic (exact) mass is 177 g/mol. The summed E-state index contributed by atoms with van der Waals surface area (Å²) in [6.45, 7) is 1.70. The summed E-state index contributed by atoms with van der Waals surface area (Å²) in [7, 11) is 0. The maximum absolute atomic E-state index is 12.3. The van der Waals surface area contributed by atoms with Gasteiger partial charge in [-0.2, -0.15) is 0 Å². The molecule has 0 aliphatic carbocycles. The number of benzene rings is 1. The average Bonchev–Trinajstić information content (AvgIpc) is 2.44. The average molecular weight is 177 g/mol. The number of alkyl halides is 1. The maximum atomic E-state index is 12.3. The van der Waals surface area contributed by atoms with Crippen molar-refractivity contribution in [2.45, 2.75) is 13.3 Å². The van der Waals surface area contributed by atoms with Crippen molar-refractivity contribution in [2.24, 2.45) is 0 Å². The van der Waals surface area contributed by atoms with Gasteiger partial charge in [0.05, 0.1) is 6.67 Å². The fourth-order valence-electron chi connectivity index (χ4n) is 1.75. The lowest BCUT2D eigenvalue weighted by Gasteiger charge is -1.95. The Kier molecular flexibility index (Phi) is 2.05. The molecule has 1 heterocycles. The molecule has 0 aliphatic rings. The summed E-state index contributed by atoms with van der Waals surface area (Å²) in [5.41, 5.74) is 3.29. The number of rotatable bonds is 2. The summed E-state index contributed by atoms with van der Waals surface area (Å²) >= 11 is 0. The van der Waals surface area contributed by atoms with Crippen LogP contribution >= 0.6 is 0 Å². The summed E-state index contributed by atoms with van der Waals surface area (Å²) in [6, 6.07) is 8.02. The van der Waals surface area contributed by atoms with Crippen LogP contribution in [0.4, 0.5) is 4.39 Å². The predicted molar refractivity (Wildman–Crippen MR) is 52.7 cm³/mol. The number of hydrogen-bond acceptors (Lipinski definition) is 0. The van der Waals surface area contributed by atoms with E-state index in [1.54, 1.807) is 0 Å². The molecule has 0 atom stereocenters. The summed E-state index contributed by atoms with van der Waals surface area (Å²) in [4.78, 5) is 3.25. The van der Waals surface area contributed by atoms with Crippen LogP contribution in [0, 0.1) is 6.92 Å². The van der Waals surface area contributed by atoms with E-state index in [2.05, 4.69) is 4.98 Å². The van der Waals surface area contributed by atoms with Gasteiger partial charge in [-0.3, -0.25) is 4.39 Å². The Hall–Kier alpha value is -1.31. The number of H-pyrrole nitrogens is 1. The second kappa shape index (κ2) is 3.21. The fourth-order valence-corrected chi connectivity index (χ4v) is 1.75. The fraction of sp³-hybridized carbons (Fsp3) is 0.273. The van der Waals surface area contributed by atoms with E-state index < -0.39 is 0 Å². The minimum Gasteiger partial charge on any atom is -0.358 e. The molecule has 13 heavy (non-hydrogen) atoms. The van der Waals surface area contributed by atoms with Crippen LogP contribution in [0.25, 0.3) is 10.9 Å². The molecule has 1 nitrogen and oxygen atoms in total. The number of fused-ring (bicyclic) bond motifs is 1. The zero-order chi connectivity index (χ0) is 9.26. The molecule has 0 aliphatic heterocycles. The first-order valence-electron chi connectivity index (χ1n) is 4.45. The van der Waals surface area contributed by atoms with Crippen LogP contribution in [0.3, 0.4) is 0 Å². The summed E-state index contributed by atoms with van der Waals surface area (Å²) < 4.78 is 12.3. The molecule has 0 radical (unpaired) electrons. The van der Waals surface area contributed by atoms with Crippen molar-refractivity contribution in [3.8, 4) is 0 Å². The summed E-state index contributed by atoms with van der Waals surface area (Å²) in [6.07, 6.45) is 0.510. The highest BCUT2D eigenvalue weighted by Gasteiger charge is 2.06. The Morgan fingerprint density at radius 2 is 2.08 bits per heavy atom. The lowest BCUT2D eigenvalue weighted by atomic mass is 10.1. The maximum Gasteiger partial charge on any atom is 0.0935 e. The van der Waals surface area contributed by atoms with E-state index in [0.717, 1.165) is 22.2 Å². The van der Waals surface area contributed by atoms with Crippen molar-refractivity contribution in [3.05, 3.63) is 35.5 Å². The zero-order valence-corrected chi connectivity index (χ0v) is 7.60. The van der Waals surface area contributed by atoms with E-state index in [1.165, 1.54) is 0 Å². The molecule has 68 valence electrons. The third kappa shape index (κ3) is 1.32. The van der Waals surface area contributed by atoms with E-state index >= 15 is 0 Å². The van der Waals surface area contributed by atoms with Crippen molar-refractivity contribution in [3.63, 3.8) is 0 Å². The van der Waals surface area contributed by atoms with Gasteiger partial charge in [0.25, 0.3) is 0 Å². The molecule has 0 saturated heterocycles. The number of nitrogens with one attached hydrogen (secondary N) is 1. The molecule has 0 fully saturated rings. The van der Waals surface area contributed by atoms with Gasteiger partial charge >= 0.3 is 0 Å². The van der Waals surface area contributed by atoms with Gasteiger partial charge in [-0.1, -0.05) is 18.2 Å². The third-order valence-corrected chi connectivity index (χ3v) is 2.37. The van der Waals surface area contributed by atoms with Gasteiger partial charge in [0.2, 0.25) is 0 Å². The van der Waals surface area contributed by atoms with Gasteiger partial charge in [-0.05, 0) is 18.6 Å². The zero-order valence-electron chi connectivity index (χ0n) is 7.60. The predicted octanol–water partition coefficient (Wildman–Crippen LogP) is 2.99. The molecule has 0 saturated carbocycles. The molecule has 0 spiro atoms. The quantitative estimate of drug-likeness (QED) is 0.725. The molecule has 0 bridgehead atoms. The molecule has 2 aromatic rings. The van der Waals surface area contributed by atoms with Crippen LogP contribution in [0.2, 0.25) is 0 Å². The highest BCUT2D eigenvalue weighted by Crippen LogP contribution is 2.21. The number of aryl methyl sites for hydroxylation is 2. The third-order valence-electron chi connectivity index (χ3n) is 2.37. The van der Waals surface area contributed by atoms with Crippen molar-refractivity contribution >= 4 is 10.9 Å². The number of para-hydroxylation sites is 1. The standard InChI is InChI=1S/C11H12FN/c1-8-9(6-7-12)10-4-2-3-5-11(10)13-8/h2-5,13H,6-7H2,1H3. The number of hydrogen-bond donors (Lipinski definition) is 1. The van der Waals surface area contributed by atoms with Gasteiger partial charge in [-0.15, -0.1) is 0 Å². The van der Waals surface area contributed by atoms with Crippen LogP contribution in [-0.4, -0.2) is 11.7 Å². The van der Waals surface area contributed by atoms with Crippen molar-refractivity contribution < 1.29 is 4.39 Å². The van der Waals surface area contributed by atoms with Crippen LogP contribution in [0.5, 0.6) is 0 Å². The number of aromatic amines is 1. The Balaban J connectivity index is 2.64. The normalized spacial score (nSPS) is 10.9. The van der Waals surface area contributed by atoms with Gasteiger partial charge in [0.15, 0.2) is 0 Å². The number of aromatic nitrogens is 1. The lowest BCUT2D eigenvalue weighted by Crippen LogP contribution is -1.87. The van der Waals surface area contributed by atoms with E-state index in [1.807, 2.05) is 31.2 Å². The highest BCUT2D eigenvalue weighted by molar-refractivity contribution is 5.84. The molecule has 1 aromatic carbocycles. The Bertz CT molecular complexity index is 417. The van der Waals surface area contributed by atoms with E-state index in [0.29, 0.717) is 6.42 Å². The second-order valence-corrected chi connectivity index (χ2v) is 3.21. The van der Waals surface area contributed by atoms with Crippen LogP contribution in [-0.2, 0) is 6.42 Å². The number of halogens is 1. The van der Waals surface area contributed by atoms with Crippen molar-refractivity contribution in [1.29, 1.82) is 0 Å². The minimum absolute atomic E-state index is 0.289. The Morgan fingerprint density at radius 3 is 2.85 bits per heavy atom. The molecule has 1 aromatic heterocycles. The first kappa shape index (κ1) is 8.30. The van der Waals surface area contributed by atoms with Gasteiger partial charge in [-0.25, -0.2) is 0 Å². The van der Waals surface area contributed by atoms with Crippen molar-refractivity contribution in [2.75, 3.05) is 6.67 Å². The highest BCUT2D eigenvalue weighted by atomic mass is 19.1. The summed E-state index contributed by atoms with van der Waals surface area (Å²) in [5.74, 6) is 0. The lowest BCUT2D eigenvalue weighted by molar-refractivity contribution is 0.495. The molecule has 2 rings (SSSR count). The van der Waals surface area contributed by atoms with Crippen molar-refractivity contribution in [1.82, 2.24) is 4.98 Å². The topological polar surface area (TPSA) is 15.8 Å². The molecule has 1 N–H and O–H groups in total. The first-order chi connectivity index (χ1) is 6.33. The molecule has 0 unspecified atom stereocenters. The largest absolute Gasteiger partial charge is 0.358 e. The molecular weight excluding hydrogens is 165 g/mol.